The van der Waals surface area contributed by atoms with Gasteiger partial charge in [-0.1, -0.05) is 19.1 Å². The number of benzene rings is 1. The minimum atomic E-state index is -0.273. The van der Waals surface area contributed by atoms with Crippen molar-refractivity contribution in [3.63, 3.8) is 0 Å². The van der Waals surface area contributed by atoms with E-state index in [4.69, 9.17) is 5.10 Å². The second-order valence-electron chi connectivity index (χ2n) is 7.77. The van der Waals surface area contributed by atoms with Crippen LogP contribution in [0.3, 0.4) is 0 Å². The van der Waals surface area contributed by atoms with Crippen LogP contribution in [0.25, 0.3) is 0 Å². The van der Waals surface area contributed by atoms with E-state index >= 15 is 0 Å². The summed E-state index contributed by atoms with van der Waals surface area (Å²) in [5.74, 6) is -0.260. The van der Waals surface area contributed by atoms with Gasteiger partial charge in [0, 0.05) is 51.5 Å². The van der Waals surface area contributed by atoms with Gasteiger partial charge < -0.3 is 9.47 Å². The molecule has 0 spiro atoms. The van der Waals surface area contributed by atoms with E-state index in [0.717, 1.165) is 49.7 Å². The molecule has 1 aromatic carbocycles. The van der Waals surface area contributed by atoms with Crippen LogP contribution in [0.1, 0.15) is 30.6 Å². The van der Waals surface area contributed by atoms with Gasteiger partial charge in [-0.3, -0.25) is 9.69 Å². The van der Waals surface area contributed by atoms with Gasteiger partial charge in [0.1, 0.15) is 11.9 Å². The van der Waals surface area contributed by atoms with E-state index in [1.807, 2.05) is 29.9 Å². The molecule has 2 aliphatic heterocycles. The lowest BCUT2D eigenvalue weighted by Crippen LogP contribution is -2.49. The molecule has 1 saturated heterocycles. The highest BCUT2D eigenvalue weighted by molar-refractivity contribution is 6.03. The molecule has 2 aliphatic rings. The van der Waals surface area contributed by atoms with Gasteiger partial charge in [-0.25, -0.2) is 9.40 Å². The summed E-state index contributed by atoms with van der Waals surface area (Å²) in [4.78, 5) is 17.8. The Kier molecular flexibility index (Phi) is 5.78. The fraction of sp³-hybridized carbons (Fsp3) is 0.455. The standard InChI is InChI=1S/C22H28FN5O/c1-3-26-11-13-27(14-12-26)16-22(29)28-21(20-5-4-10-25(20)2)15-19(24-28)17-6-8-18(23)9-7-17/h4-10,21H,3,11-16H2,1-2H3/t21-/m1/s1. The van der Waals surface area contributed by atoms with Gasteiger partial charge >= 0.3 is 0 Å². The Balaban J connectivity index is 1.54. The number of carbonyl (C=O) groups is 1. The van der Waals surface area contributed by atoms with Crippen molar-refractivity contribution < 1.29 is 9.18 Å². The normalized spacial score (nSPS) is 20.9. The lowest BCUT2D eigenvalue weighted by Gasteiger charge is -2.34. The Labute approximate surface area is 171 Å². The van der Waals surface area contributed by atoms with Crippen LogP contribution in [0.15, 0.2) is 47.7 Å². The van der Waals surface area contributed by atoms with Gasteiger partial charge in [-0.15, -0.1) is 0 Å². The fourth-order valence-electron chi connectivity index (χ4n) is 4.14. The minimum absolute atomic E-state index is 0.0123. The van der Waals surface area contributed by atoms with Crippen LogP contribution >= 0.6 is 0 Å². The number of likely N-dealkylation sites (N-methyl/N-ethyl adjacent to an activating group) is 1. The van der Waals surface area contributed by atoms with Gasteiger partial charge in [-0.2, -0.15) is 5.10 Å². The van der Waals surface area contributed by atoms with Crippen LogP contribution < -0.4 is 0 Å². The van der Waals surface area contributed by atoms with E-state index < -0.39 is 0 Å². The Hall–Kier alpha value is -2.51. The number of carbonyl (C=O) groups excluding carboxylic acids is 1. The number of aryl methyl sites for hydroxylation is 1. The van der Waals surface area contributed by atoms with Crippen LogP contribution in [0.5, 0.6) is 0 Å². The zero-order chi connectivity index (χ0) is 20.4. The number of halogens is 1. The zero-order valence-electron chi connectivity index (χ0n) is 17.1. The highest BCUT2D eigenvalue weighted by Gasteiger charge is 2.35. The third-order valence-corrected chi connectivity index (χ3v) is 5.94. The van der Waals surface area contributed by atoms with E-state index in [-0.39, 0.29) is 17.8 Å². The molecule has 1 atom stereocenters. The fourth-order valence-corrected chi connectivity index (χ4v) is 4.14. The molecule has 1 fully saturated rings. The van der Waals surface area contributed by atoms with Crippen molar-refractivity contribution in [2.24, 2.45) is 12.1 Å². The van der Waals surface area contributed by atoms with Gasteiger partial charge in [0.2, 0.25) is 0 Å². The maximum atomic E-state index is 13.3. The Bertz CT molecular complexity index is 883. The third-order valence-electron chi connectivity index (χ3n) is 5.94. The second kappa shape index (κ2) is 8.47. The number of amides is 1. The largest absolute Gasteiger partial charge is 0.353 e. The molecule has 2 aromatic rings. The van der Waals surface area contributed by atoms with Gasteiger partial charge in [0.05, 0.1) is 12.3 Å². The molecular formula is C22H28FN5O. The summed E-state index contributed by atoms with van der Waals surface area (Å²) < 4.78 is 15.4. The SMILES string of the molecule is CCN1CCN(CC(=O)N2N=C(c3ccc(F)cc3)C[C@@H]2c2cccn2C)CC1. The Morgan fingerprint density at radius 3 is 2.41 bits per heavy atom. The lowest BCUT2D eigenvalue weighted by molar-refractivity contribution is -0.134. The first kappa shape index (κ1) is 19.8. The summed E-state index contributed by atoms with van der Waals surface area (Å²) in [7, 11) is 1.98. The Morgan fingerprint density at radius 1 is 1.10 bits per heavy atom. The minimum Gasteiger partial charge on any atom is -0.353 e. The molecule has 0 bridgehead atoms. The van der Waals surface area contributed by atoms with E-state index in [1.165, 1.54) is 12.1 Å². The second-order valence-corrected chi connectivity index (χ2v) is 7.77. The molecule has 0 saturated carbocycles. The zero-order valence-corrected chi connectivity index (χ0v) is 17.1. The van der Waals surface area contributed by atoms with Crippen molar-refractivity contribution in [1.29, 1.82) is 0 Å². The number of rotatable bonds is 5. The maximum absolute atomic E-state index is 13.3. The molecule has 3 heterocycles. The quantitative estimate of drug-likeness (QED) is 0.779. The number of nitrogens with zero attached hydrogens (tertiary/aromatic N) is 5. The molecule has 1 amide bonds. The van der Waals surface area contributed by atoms with E-state index in [0.29, 0.717) is 13.0 Å². The van der Waals surface area contributed by atoms with Crippen LogP contribution in [-0.2, 0) is 11.8 Å². The molecule has 29 heavy (non-hydrogen) atoms. The summed E-state index contributed by atoms with van der Waals surface area (Å²) in [6.45, 7) is 7.38. The number of hydrogen-bond donors (Lipinski definition) is 0. The van der Waals surface area contributed by atoms with Crippen molar-refractivity contribution in [2.45, 2.75) is 19.4 Å². The summed E-state index contributed by atoms with van der Waals surface area (Å²) in [6, 6.07) is 10.2. The number of hydrazone groups is 1. The molecular weight excluding hydrogens is 369 g/mol. The van der Waals surface area contributed by atoms with E-state index in [1.54, 1.807) is 17.1 Å². The molecule has 1 aromatic heterocycles. The highest BCUT2D eigenvalue weighted by atomic mass is 19.1. The smallest absolute Gasteiger partial charge is 0.257 e. The van der Waals surface area contributed by atoms with Crippen molar-refractivity contribution in [3.8, 4) is 0 Å². The average Bonchev–Trinajstić information content (AvgIpc) is 3.35. The molecule has 154 valence electrons. The van der Waals surface area contributed by atoms with Crippen LogP contribution in [0.4, 0.5) is 4.39 Å². The molecule has 0 unspecified atom stereocenters. The monoisotopic (exact) mass is 397 g/mol. The lowest BCUT2D eigenvalue weighted by atomic mass is 10.0. The highest BCUT2D eigenvalue weighted by Crippen LogP contribution is 2.33. The first-order valence-corrected chi connectivity index (χ1v) is 10.3. The first-order valence-electron chi connectivity index (χ1n) is 10.3. The van der Waals surface area contributed by atoms with E-state index in [2.05, 4.69) is 16.7 Å². The van der Waals surface area contributed by atoms with Crippen LogP contribution in [-0.4, -0.2) is 70.3 Å². The molecule has 6 nitrogen and oxygen atoms in total. The third kappa shape index (κ3) is 4.26. The van der Waals surface area contributed by atoms with Crippen molar-refractivity contribution in [2.75, 3.05) is 39.3 Å². The number of aromatic nitrogens is 1. The number of piperazine rings is 1. The summed E-state index contributed by atoms with van der Waals surface area (Å²) in [5.41, 5.74) is 2.73. The van der Waals surface area contributed by atoms with Gasteiger partial charge in [0.15, 0.2) is 0 Å². The van der Waals surface area contributed by atoms with E-state index in [9.17, 15) is 9.18 Å². The van der Waals surface area contributed by atoms with Crippen molar-refractivity contribution in [1.82, 2.24) is 19.4 Å². The molecule has 4 rings (SSSR count). The van der Waals surface area contributed by atoms with Crippen molar-refractivity contribution in [3.05, 3.63) is 59.7 Å². The van der Waals surface area contributed by atoms with Crippen molar-refractivity contribution >= 4 is 11.6 Å². The molecule has 7 heteroatoms. The summed E-state index contributed by atoms with van der Waals surface area (Å²) in [5, 5.41) is 6.33. The predicted molar refractivity (Wildman–Crippen MR) is 111 cm³/mol. The summed E-state index contributed by atoms with van der Waals surface area (Å²) in [6.07, 6.45) is 2.61. The Morgan fingerprint density at radius 2 is 1.79 bits per heavy atom. The average molecular weight is 397 g/mol. The van der Waals surface area contributed by atoms with Crippen LogP contribution in [0, 0.1) is 5.82 Å². The summed E-state index contributed by atoms with van der Waals surface area (Å²) >= 11 is 0. The molecule has 0 aliphatic carbocycles. The molecule has 0 N–H and O–H groups in total. The van der Waals surface area contributed by atoms with Crippen LogP contribution in [0.2, 0.25) is 0 Å². The number of hydrogen-bond acceptors (Lipinski definition) is 4. The van der Waals surface area contributed by atoms with Gasteiger partial charge in [-0.05, 0) is 36.4 Å². The van der Waals surface area contributed by atoms with Gasteiger partial charge in [0.25, 0.3) is 5.91 Å². The predicted octanol–water partition coefficient (Wildman–Crippen LogP) is 2.48. The maximum Gasteiger partial charge on any atom is 0.257 e. The molecule has 0 radical (unpaired) electrons. The first-order chi connectivity index (χ1) is 14.0. The topological polar surface area (TPSA) is 44.1 Å².